The van der Waals surface area contributed by atoms with E-state index >= 15 is 0 Å². The van der Waals surface area contributed by atoms with Crippen LogP contribution in [0.5, 0.6) is 0 Å². The Hall–Kier alpha value is -1.06. The van der Waals surface area contributed by atoms with Crippen molar-refractivity contribution < 1.29 is 13.2 Å². The molecule has 0 N–H and O–H groups in total. The molecular weight excluding hydrogens is 179 g/mol. The molecule has 0 bridgehead atoms. The molecule has 0 atom stereocenters. The highest BCUT2D eigenvalue weighted by atomic mass is 19.4. The van der Waals surface area contributed by atoms with Gasteiger partial charge in [0.15, 0.2) is 0 Å². The zero-order valence-electron chi connectivity index (χ0n) is 7.23. The Kier molecular flexibility index (Phi) is 2.90. The van der Waals surface area contributed by atoms with Crippen LogP contribution in [0.3, 0.4) is 0 Å². The average molecular weight is 189 g/mol. The van der Waals surface area contributed by atoms with Gasteiger partial charge in [0.05, 0.1) is 6.42 Å². The van der Waals surface area contributed by atoms with Crippen LogP contribution in [0.15, 0.2) is 18.3 Å². The van der Waals surface area contributed by atoms with Gasteiger partial charge >= 0.3 is 6.18 Å². The van der Waals surface area contributed by atoms with Gasteiger partial charge in [0.25, 0.3) is 0 Å². The topological polar surface area (TPSA) is 12.9 Å². The van der Waals surface area contributed by atoms with Gasteiger partial charge in [0.1, 0.15) is 0 Å². The molecule has 0 aliphatic heterocycles. The van der Waals surface area contributed by atoms with E-state index in [0.717, 1.165) is 12.0 Å². The van der Waals surface area contributed by atoms with Crippen molar-refractivity contribution in [2.24, 2.45) is 0 Å². The third-order valence-electron chi connectivity index (χ3n) is 1.67. The van der Waals surface area contributed by atoms with Crippen LogP contribution in [0.2, 0.25) is 0 Å². The number of nitrogens with zero attached hydrogens (tertiary/aromatic N) is 1. The van der Waals surface area contributed by atoms with Gasteiger partial charge in [-0.3, -0.25) is 4.98 Å². The lowest BCUT2D eigenvalue weighted by Gasteiger charge is -2.06. The summed E-state index contributed by atoms with van der Waals surface area (Å²) < 4.78 is 35.8. The first-order valence-electron chi connectivity index (χ1n) is 4.02. The molecule has 0 unspecified atom stereocenters. The number of hydrogen-bond acceptors (Lipinski definition) is 1. The molecule has 1 nitrogen and oxygen atoms in total. The second-order valence-corrected chi connectivity index (χ2v) is 2.80. The Labute approximate surface area is 74.6 Å². The number of aryl methyl sites for hydroxylation is 1. The molecule has 4 heteroatoms. The maximum atomic E-state index is 11.9. The largest absolute Gasteiger partial charge is 0.394 e. The Morgan fingerprint density at radius 1 is 1.38 bits per heavy atom. The zero-order chi connectivity index (χ0) is 9.90. The van der Waals surface area contributed by atoms with Crippen molar-refractivity contribution in [1.82, 2.24) is 4.98 Å². The van der Waals surface area contributed by atoms with Gasteiger partial charge in [0.2, 0.25) is 0 Å². The number of hydrogen-bond donors (Lipinski definition) is 0. The van der Waals surface area contributed by atoms with Crippen LogP contribution in [0, 0.1) is 0 Å². The van der Waals surface area contributed by atoms with Crippen LogP contribution in [0.4, 0.5) is 13.2 Å². The molecule has 0 fully saturated rings. The fourth-order valence-corrected chi connectivity index (χ4v) is 1.05. The predicted molar refractivity (Wildman–Crippen MR) is 43.4 cm³/mol. The van der Waals surface area contributed by atoms with Gasteiger partial charge in [-0.2, -0.15) is 13.2 Å². The highest BCUT2D eigenvalue weighted by molar-refractivity contribution is 5.16. The number of rotatable bonds is 2. The lowest BCUT2D eigenvalue weighted by molar-refractivity contribution is -0.127. The van der Waals surface area contributed by atoms with E-state index in [0.29, 0.717) is 0 Å². The van der Waals surface area contributed by atoms with Crippen LogP contribution >= 0.6 is 0 Å². The van der Waals surface area contributed by atoms with Gasteiger partial charge in [0, 0.05) is 11.9 Å². The molecule has 0 amide bonds. The van der Waals surface area contributed by atoms with Crippen molar-refractivity contribution >= 4 is 0 Å². The summed E-state index contributed by atoms with van der Waals surface area (Å²) in [4.78, 5) is 3.65. The second-order valence-electron chi connectivity index (χ2n) is 2.80. The minimum absolute atomic E-state index is 0.0897. The molecule has 0 aliphatic rings. The van der Waals surface area contributed by atoms with Crippen molar-refractivity contribution in [2.45, 2.75) is 25.9 Å². The fraction of sp³-hybridized carbons (Fsp3) is 0.444. The normalized spacial score (nSPS) is 11.7. The molecule has 0 saturated carbocycles. The average Bonchev–Trinajstić information content (AvgIpc) is 2.01. The predicted octanol–water partition coefficient (Wildman–Crippen LogP) is 2.75. The zero-order valence-corrected chi connectivity index (χ0v) is 7.23. The van der Waals surface area contributed by atoms with E-state index in [1.807, 2.05) is 6.92 Å². The summed E-state index contributed by atoms with van der Waals surface area (Å²) in [6, 6.07) is 3.22. The molecule has 1 rings (SSSR count). The second kappa shape index (κ2) is 3.77. The van der Waals surface area contributed by atoms with Crippen molar-refractivity contribution in [3.63, 3.8) is 0 Å². The first kappa shape index (κ1) is 10.0. The van der Waals surface area contributed by atoms with Crippen LogP contribution in [0.25, 0.3) is 0 Å². The first-order chi connectivity index (χ1) is 6.01. The summed E-state index contributed by atoms with van der Waals surface area (Å²) in [5.41, 5.74) is 0.973. The summed E-state index contributed by atoms with van der Waals surface area (Å²) in [6.45, 7) is 1.90. The van der Waals surface area contributed by atoms with Crippen LogP contribution in [0.1, 0.15) is 18.2 Å². The van der Waals surface area contributed by atoms with Gasteiger partial charge < -0.3 is 0 Å². The summed E-state index contributed by atoms with van der Waals surface area (Å²) in [7, 11) is 0. The van der Waals surface area contributed by atoms with E-state index in [2.05, 4.69) is 4.98 Å². The van der Waals surface area contributed by atoms with E-state index in [1.54, 1.807) is 6.07 Å². The molecule has 0 aliphatic carbocycles. The minimum atomic E-state index is -4.17. The maximum Gasteiger partial charge on any atom is 0.394 e. The van der Waals surface area contributed by atoms with E-state index in [-0.39, 0.29) is 5.69 Å². The highest BCUT2D eigenvalue weighted by Gasteiger charge is 2.28. The molecular formula is C9H10F3N. The third kappa shape index (κ3) is 3.44. The van der Waals surface area contributed by atoms with Crippen LogP contribution < -0.4 is 0 Å². The number of alkyl halides is 3. The highest BCUT2D eigenvalue weighted by Crippen LogP contribution is 2.20. The van der Waals surface area contributed by atoms with Crippen molar-refractivity contribution in [3.8, 4) is 0 Å². The Bertz CT molecular complexity index is 280. The molecule has 1 heterocycles. The maximum absolute atomic E-state index is 11.9. The monoisotopic (exact) mass is 189 g/mol. The summed E-state index contributed by atoms with van der Waals surface area (Å²) in [5, 5.41) is 0. The Morgan fingerprint density at radius 2 is 2.08 bits per heavy atom. The van der Waals surface area contributed by atoms with Crippen molar-refractivity contribution in [3.05, 3.63) is 29.6 Å². The standard InChI is InChI=1S/C9H10F3N/c1-2-7-3-4-13-8(5-7)6-9(10,11)12/h3-5H,2,6H2,1H3. The quantitative estimate of drug-likeness (QED) is 0.697. The third-order valence-corrected chi connectivity index (χ3v) is 1.67. The summed E-state index contributed by atoms with van der Waals surface area (Å²) >= 11 is 0. The molecule has 0 saturated heterocycles. The molecule has 0 spiro atoms. The molecule has 1 aromatic rings. The Morgan fingerprint density at radius 3 is 2.62 bits per heavy atom. The lowest BCUT2D eigenvalue weighted by Crippen LogP contribution is -2.12. The SMILES string of the molecule is CCc1ccnc(CC(F)(F)F)c1. The summed E-state index contributed by atoms with van der Waals surface area (Å²) in [6.07, 6.45) is -2.96. The molecule has 13 heavy (non-hydrogen) atoms. The van der Waals surface area contributed by atoms with E-state index in [9.17, 15) is 13.2 Å². The molecule has 0 radical (unpaired) electrons. The van der Waals surface area contributed by atoms with Crippen LogP contribution in [-0.2, 0) is 12.8 Å². The van der Waals surface area contributed by atoms with E-state index < -0.39 is 12.6 Å². The number of pyridine rings is 1. The molecule has 1 aromatic heterocycles. The summed E-state index contributed by atoms with van der Waals surface area (Å²) in [5.74, 6) is 0. The molecule has 0 aromatic carbocycles. The van der Waals surface area contributed by atoms with Gasteiger partial charge in [-0.25, -0.2) is 0 Å². The van der Waals surface area contributed by atoms with Gasteiger partial charge in [-0.1, -0.05) is 6.92 Å². The lowest BCUT2D eigenvalue weighted by atomic mass is 10.1. The van der Waals surface area contributed by atoms with E-state index in [4.69, 9.17) is 0 Å². The number of aromatic nitrogens is 1. The van der Waals surface area contributed by atoms with Crippen molar-refractivity contribution in [2.75, 3.05) is 0 Å². The van der Waals surface area contributed by atoms with Crippen molar-refractivity contribution in [1.29, 1.82) is 0 Å². The Balaban J connectivity index is 2.78. The molecule has 72 valence electrons. The minimum Gasteiger partial charge on any atom is -0.261 e. The van der Waals surface area contributed by atoms with Gasteiger partial charge in [-0.15, -0.1) is 0 Å². The first-order valence-corrected chi connectivity index (χ1v) is 4.02. The van der Waals surface area contributed by atoms with Crippen LogP contribution in [-0.4, -0.2) is 11.2 Å². The smallest absolute Gasteiger partial charge is 0.261 e. The fourth-order valence-electron chi connectivity index (χ4n) is 1.05. The van der Waals surface area contributed by atoms with E-state index in [1.165, 1.54) is 12.3 Å². The van der Waals surface area contributed by atoms with Gasteiger partial charge in [-0.05, 0) is 24.1 Å². The number of halogens is 3.